The number of ether oxygens (including phenoxy) is 10. The molecular formula is C74H87NO15S. The smallest absolute Gasteiger partial charge is 0.330 e. The molecule has 2 aliphatic carbocycles. The topological polar surface area (TPSA) is 191 Å². The van der Waals surface area contributed by atoms with Crippen molar-refractivity contribution < 1.29 is 71.3 Å². The summed E-state index contributed by atoms with van der Waals surface area (Å²) in [5, 5.41) is 3.83. The minimum Gasteiger partial charge on any atom is -0.494 e. The standard InChI is InChI=1S/C74H87NO15S/c1-4-69(76)84-46-16-10-7-13-43-81-57-27-31-60(32-28-57)89-73(79)55-23-19-53(20-24-55)51-87-62-37-41-65-66-42-38-63(50-68(66)75-72(67(65)49-62)91-64-39-35-59(36-40-64)83-45-15-9-12-18-48-86-71(78)6-3)88-52-54-21-25-56(26-22-54)74(80)90-61-33-29-58(30-34-61)82-44-14-8-11-17-47-85-70(77)5-2/h4-6,27-42,49-50,53-56H,1-3,7-26,43-48,51-52H2. The first-order valence-electron chi connectivity index (χ1n) is 32.3. The largest absolute Gasteiger partial charge is 0.494 e. The van der Waals surface area contributed by atoms with Crippen LogP contribution in [-0.4, -0.2) is 87.7 Å². The van der Waals surface area contributed by atoms with Gasteiger partial charge in [-0.3, -0.25) is 9.59 Å². The van der Waals surface area contributed by atoms with E-state index in [-0.39, 0.29) is 29.7 Å². The number of rotatable bonds is 39. The summed E-state index contributed by atoms with van der Waals surface area (Å²) >= 11 is 1.58. The van der Waals surface area contributed by atoms with Crippen LogP contribution in [0.1, 0.15) is 128 Å². The first-order valence-corrected chi connectivity index (χ1v) is 33.1. The molecule has 6 aromatic rings. The highest BCUT2D eigenvalue weighted by Crippen LogP contribution is 2.40. The van der Waals surface area contributed by atoms with Crippen LogP contribution in [0.3, 0.4) is 0 Å². The monoisotopic (exact) mass is 1260 g/mol. The van der Waals surface area contributed by atoms with Crippen LogP contribution in [0.4, 0.5) is 0 Å². The number of benzene rings is 5. The van der Waals surface area contributed by atoms with Crippen molar-refractivity contribution in [3.63, 3.8) is 0 Å². The van der Waals surface area contributed by atoms with E-state index >= 15 is 0 Å². The number of hydrogen-bond acceptors (Lipinski definition) is 17. The number of pyridine rings is 1. The molecule has 16 nitrogen and oxygen atoms in total. The summed E-state index contributed by atoms with van der Waals surface area (Å²) in [4.78, 5) is 66.5. The number of carbonyl (C=O) groups is 5. The molecule has 91 heavy (non-hydrogen) atoms. The van der Waals surface area contributed by atoms with Crippen molar-refractivity contribution in [3.05, 3.63) is 147 Å². The molecule has 0 saturated heterocycles. The molecule has 1 aromatic heterocycles. The number of fused-ring (bicyclic) bond motifs is 3. The Balaban J connectivity index is 0.814. The fraction of sp³-hybridized carbons (Fsp3) is 0.432. The van der Waals surface area contributed by atoms with Crippen LogP contribution >= 0.6 is 11.8 Å². The van der Waals surface area contributed by atoms with Crippen molar-refractivity contribution in [2.45, 2.75) is 138 Å². The molecule has 0 N–H and O–H groups in total. The molecule has 2 saturated carbocycles. The highest BCUT2D eigenvalue weighted by molar-refractivity contribution is 7.99. The average Bonchev–Trinajstić information content (AvgIpc) is 0.836. The van der Waals surface area contributed by atoms with E-state index in [0.717, 1.165) is 177 Å². The Bertz CT molecular complexity index is 3300. The number of esters is 5. The third-order valence-corrected chi connectivity index (χ3v) is 17.3. The molecule has 0 aliphatic heterocycles. The van der Waals surface area contributed by atoms with E-state index in [1.54, 1.807) is 36.0 Å². The molecule has 2 fully saturated rings. The summed E-state index contributed by atoms with van der Waals surface area (Å²) < 4.78 is 57.6. The quantitative estimate of drug-likeness (QED) is 0.00883. The van der Waals surface area contributed by atoms with Gasteiger partial charge in [-0.1, -0.05) is 31.5 Å². The number of nitrogens with zero attached hydrogens (tertiary/aromatic N) is 1. The molecule has 0 radical (unpaired) electrons. The van der Waals surface area contributed by atoms with Gasteiger partial charge in [0.1, 0.15) is 45.3 Å². The Hall–Kier alpha value is -8.31. The second-order valence-electron chi connectivity index (χ2n) is 23.1. The third kappa shape index (κ3) is 23.5. The summed E-state index contributed by atoms with van der Waals surface area (Å²) in [6, 6.07) is 34.8. The fourth-order valence-corrected chi connectivity index (χ4v) is 11.9. The second-order valence-corrected chi connectivity index (χ2v) is 24.2. The fourth-order valence-electron chi connectivity index (χ4n) is 11.0. The Kier molecular flexibility index (Phi) is 28.5. The minimum atomic E-state index is -0.397. The zero-order valence-corrected chi connectivity index (χ0v) is 53.1. The van der Waals surface area contributed by atoms with Crippen LogP contribution < -0.4 is 33.2 Å². The van der Waals surface area contributed by atoms with E-state index in [2.05, 4.69) is 50.1 Å². The molecule has 5 aromatic carbocycles. The molecule has 484 valence electrons. The first kappa shape index (κ1) is 68.6. The Morgan fingerprint density at radius 1 is 0.385 bits per heavy atom. The van der Waals surface area contributed by atoms with Gasteiger partial charge in [0, 0.05) is 40.0 Å². The Morgan fingerprint density at radius 3 is 1.14 bits per heavy atom. The molecular weight excluding hydrogens is 1170 g/mol. The zero-order valence-electron chi connectivity index (χ0n) is 52.3. The van der Waals surface area contributed by atoms with E-state index in [4.69, 9.17) is 52.4 Å². The number of carbonyl (C=O) groups excluding carboxylic acids is 5. The lowest BCUT2D eigenvalue weighted by atomic mass is 9.82. The second kappa shape index (κ2) is 37.8. The third-order valence-electron chi connectivity index (χ3n) is 16.3. The summed E-state index contributed by atoms with van der Waals surface area (Å²) in [5.41, 5.74) is 0.811. The highest BCUT2D eigenvalue weighted by atomic mass is 32.2. The van der Waals surface area contributed by atoms with Crippen LogP contribution in [0.15, 0.2) is 157 Å². The molecule has 0 spiro atoms. The maximum Gasteiger partial charge on any atom is 0.330 e. The lowest BCUT2D eigenvalue weighted by Crippen LogP contribution is -2.27. The van der Waals surface area contributed by atoms with Gasteiger partial charge in [-0.15, -0.1) is 0 Å². The maximum absolute atomic E-state index is 13.3. The molecule has 0 atom stereocenters. The van der Waals surface area contributed by atoms with Crippen LogP contribution in [-0.2, 0) is 38.2 Å². The van der Waals surface area contributed by atoms with E-state index in [9.17, 15) is 24.0 Å². The summed E-state index contributed by atoms with van der Waals surface area (Å²) in [6.45, 7) is 14.2. The molecule has 0 unspecified atom stereocenters. The van der Waals surface area contributed by atoms with Gasteiger partial charge in [-0.2, -0.15) is 0 Å². The summed E-state index contributed by atoms with van der Waals surface area (Å²) in [7, 11) is 0. The van der Waals surface area contributed by atoms with Gasteiger partial charge in [-0.05, 0) is 249 Å². The maximum atomic E-state index is 13.3. The van der Waals surface area contributed by atoms with Gasteiger partial charge in [0.25, 0.3) is 0 Å². The van der Waals surface area contributed by atoms with Crippen LogP contribution in [0, 0.1) is 23.7 Å². The molecule has 1 heterocycles. The van der Waals surface area contributed by atoms with Gasteiger partial charge < -0.3 is 47.4 Å². The molecule has 17 heteroatoms. The van der Waals surface area contributed by atoms with Crippen molar-refractivity contribution in [1.82, 2.24) is 4.98 Å². The number of unbranched alkanes of at least 4 members (excludes halogenated alkanes) is 9. The lowest BCUT2D eigenvalue weighted by molar-refractivity contribution is -0.141. The van der Waals surface area contributed by atoms with Crippen molar-refractivity contribution in [2.75, 3.05) is 52.9 Å². The SMILES string of the molecule is C=CC(=O)OCCCCCCOc1ccc(OC(=O)C2CCC(COc3ccc4c(c3)nc(Sc3ccc(OCCCCCCOC(=O)C=C)cc3)c3cc(OCC5CCC(C(=O)Oc6ccc(OCCCCCCOC(=O)C=C)cc6)CC5)ccc34)CC2)cc1. The molecule has 0 bridgehead atoms. The van der Waals surface area contributed by atoms with Crippen molar-refractivity contribution in [1.29, 1.82) is 0 Å². The van der Waals surface area contributed by atoms with E-state index in [1.165, 1.54) is 18.2 Å². The van der Waals surface area contributed by atoms with E-state index in [1.807, 2.05) is 54.6 Å². The van der Waals surface area contributed by atoms with Gasteiger partial charge in [-0.25, -0.2) is 19.4 Å². The average molecular weight is 1260 g/mol. The Labute approximate surface area is 539 Å². The zero-order chi connectivity index (χ0) is 63.8. The highest BCUT2D eigenvalue weighted by Gasteiger charge is 2.30. The number of aromatic nitrogens is 1. The van der Waals surface area contributed by atoms with Gasteiger partial charge >= 0.3 is 29.8 Å². The van der Waals surface area contributed by atoms with Crippen LogP contribution in [0.25, 0.3) is 21.7 Å². The van der Waals surface area contributed by atoms with Crippen LogP contribution in [0.5, 0.6) is 40.2 Å². The van der Waals surface area contributed by atoms with E-state index < -0.39 is 17.9 Å². The van der Waals surface area contributed by atoms with Crippen molar-refractivity contribution >= 4 is 63.3 Å². The summed E-state index contributed by atoms with van der Waals surface area (Å²) in [6.07, 6.45) is 20.6. The van der Waals surface area contributed by atoms with E-state index in [0.29, 0.717) is 81.8 Å². The predicted octanol–water partition coefficient (Wildman–Crippen LogP) is 16.1. The molecule has 2 aliphatic rings. The molecule has 0 amide bonds. The van der Waals surface area contributed by atoms with Crippen LogP contribution in [0.2, 0.25) is 0 Å². The van der Waals surface area contributed by atoms with Crippen molar-refractivity contribution in [3.8, 4) is 40.2 Å². The summed E-state index contributed by atoms with van der Waals surface area (Å²) in [5.74, 6) is 3.29. The number of hydrogen-bond donors (Lipinski definition) is 0. The normalized spacial score (nSPS) is 16.2. The molecule has 8 rings (SSSR count). The minimum absolute atomic E-state index is 0.180. The Morgan fingerprint density at radius 2 is 0.736 bits per heavy atom. The van der Waals surface area contributed by atoms with Gasteiger partial charge in [0.05, 0.1) is 70.2 Å². The van der Waals surface area contributed by atoms with Crippen molar-refractivity contribution in [2.24, 2.45) is 23.7 Å². The van der Waals surface area contributed by atoms with Gasteiger partial charge in [0.2, 0.25) is 0 Å². The lowest BCUT2D eigenvalue weighted by Gasteiger charge is -2.27. The first-order chi connectivity index (χ1) is 44.5. The predicted molar refractivity (Wildman–Crippen MR) is 351 cm³/mol. The van der Waals surface area contributed by atoms with Gasteiger partial charge in [0.15, 0.2) is 0 Å².